The van der Waals surface area contributed by atoms with Crippen molar-refractivity contribution in [2.75, 3.05) is 18.6 Å². The van der Waals surface area contributed by atoms with Crippen LogP contribution < -0.4 is 15.0 Å². The van der Waals surface area contributed by atoms with Crippen molar-refractivity contribution in [3.63, 3.8) is 0 Å². The number of anilines is 1. The average molecular weight is 345 g/mol. The lowest BCUT2D eigenvalue weighted by Gasteiger charge is -2.18. The number of ether oxygens (including phenoxy) is 1. The van der Waals surface area contributed by atoms with E-state index >= 15 is 0 Å². The Kier molecular flexibility index (Phi) is 4.71. The molecular formula is C18H17ClN2O3. The van der Waals surface area contributed by atoms with Gasteiger partial charge >= 0.3 is 0 Å². The molecule has 2 aromatic carbocycles. The van der Waals surface area contributed by atoms with E-state index in [0.717, 1.165) is 5.69 Å². The van der Waals surface area contributed by atoms with Crippen molar-refractivity contribution >= 4 is 29.1 Å². The lowest BCUT2D eigenvalue weighted by atomic mass is 10.2. The molecule has 0 aliphatic carbocycles. The topological polar surface area (TPSA) is 58.6 Å². The molecule has 3 rings (SSSR count). The van der Waals surface area contributed by atoms with Crippen LogP contribution in [0.4, 0.5) is 5.69 Å². The summed E-state index contributed by atoms with van der Waals surface area (Å²) in [6.07, 6.45) is 0.274. The summed E-state index contributed by atoms with van der Waals surface area (Å²) >= 11 is 5.82. The zero-order valence-electron chi connectivity index (χ0n) is 13.2. The maximum Gasteiger partial charge on any atom is 0.251 e. The van der Waals surface area contributed by atoms with Crippen molar-refractivity contribution < 1.29 is 14.3 Å². The number of methoxy groups -OCH3 is 1. The second-order valence-corrected chi connectivity index (χ2v) is 6.02. The fraction of sp³-hybridized carbons (Fsp3) is 0.222. The standard InChI is InChI=1S/C18H17ClN2O3/c1-24-16-4-2-3-15(10-16)21-11-14(9-17(21)22)20-18(23)12-5-7-13(19)8-6-12/h2-8,10,14H,9,11H2,1H3,(H,20,23)/t14-/m0/s1. The van der Waals surface area contributed by atoms with Gasteiger partial charge in [-0.15, -0.1) is 0 Å². The van der Waals surface area contributed by atoms with Crippen molar-refractivity contribution in [3.05, 3.63) is 59.1 Å². The van der Waals surface area contributed by atoms with Gasteiger partial charge in [0.25, 0.3) is 5.91 Å². The Morgan fingerprint density at radius 1 is 1.25 bits per heavy atom. The molecule has 6 heteroatoms. The third-order valence-electron chi connectivity index (χ3n) is 3.93. The van der Waals surface area contributed by atoms with E-state index in [1.54, 1.807) is 42.3 Å². The molecule has 1 heterocycles. The molecule has 1 aliphatic rings. The number of nitrogens with zero attached hydrogens (tertiary/aromatic N) is 1. The molecule has 0 unspecified atom stereocenters. The Morgan fingerprint density at radius 3 is 2.71 bits per heavy atom. The van der Waals surface area contributed by atoms with Crippen LogP contribution in [0.25, 0.3) is 0 Å². The van der Waals surface area contributed by atoms with E-state index in [-0.39, 0.29) is 24.3 Å². The number of amides is 2. The van der Waals surface area contributed by atoms with E-state index in [2.05, 4.69) is 5.32 Å². The first-order valence-electron chi connectivity index (χ1n) is 7.57. The third kappa shape index (κ3) is 3.51. The van der Waals surface area contributed by atoms with Crippen LogP contribution in [0.3, 0.4) is 0 Å². The Balaban J connectivity index is 1.68. The van der Waals surface area contributed by atoms with Crippen molar-refractivity contribution in [3.8, 4) is 5.75 Å². The minimum absolute atomic E-state index is 0.0235. The summed E-state index contributed by atoms with van der Waals surface area (Å²) in [6.45, 7) is 0.436. The smallest absolute Gasteiger partial charge is 0.251 e. The summed E-state index contributed by atoms with van der Waals surface area (Å²) in [5.74, 6) is 0.454. The van der Waals surface area contributed by atoms with Gasteiger partial charge in [0, 0.05) is 35.3 Å². The van der Waals surface area contributed by atoms with Gasteiger partial charge in [0.15, 0.2) is 0 Å². The zero-order valence-corrected chi connectivity index (χ0v) is 13.9. The maximum absolute atomic E-state index is 12.3. The highest BCUT2D eigenvalue weighted by Gasteiger charge is 2.31. The molecule has 0 spiro atoms. The Labute approximate surface area is 145 Å². The van der Waals surface area contributed by atoms with Crippen LogP contribution in [0.5, 0.6) is 5.75 Å². The lowest BCUT2D eigenvalue weighted by molar-refractivity contribution is -0.117. The number of benzene rings is 2. The molecule has 24 heavy (non-hydrogen) atoms. The van der Waals surface area contributed by atoms with Crippen LogP contribution in [0.2, 0.25) is 5.02 Å². The first kappa shape index (κ1) is 16.3. The Bertz CT molecular complexity index is 761. The summed E-state index contributed by atoms with van der Waals surface area (Å²) < 4.78 is 5.19. The van der Waals surface area contributed by atoms with Crippen LogP contribution in [0, 0.1) is 0 Å². The van der Waals surface area contributed by atoms with E-state index < -0.39 is 0 Å². The van der Waals surface area contributed by atoms with Crippen molar-refractivity contribution in [1.29, 1.82) is 0 Å². The summed E-state index contributed by atoms with van der Waals surface area (Å²) in [4.78, 5) is 26.2. The lowest BCUT2D eigenvalue weighted by Crippen LogP contribution is -2.37. The predicted octanol–water partition coefficient (Wildman–Crippen LogP) is 2.88. The van der Waals surface area contributed by atoms with Gasteiger partial charge in [0.05, 0.1) is 13.2 Å². The number of nitrogens with one attached hydrogen (secondary N) is 1. The Morgan fingerprint density at radius 2 is 2.00 bits per heavy atom. The molecule has 0 saturated carbocycles. The number of carbonyl (C=O) groups excluding carboxylic acids is 2. The van der Waals surface area contributed by atoms with Crippen LogP contribution >= 0.6 is 11.6 Å². The molecule has 5 nitrogen and oxygen atoms in total. The van der Waals surface area contributed by atoms with E-state index in [4.69, 9.17) is 16.3 Å². The van der Waals surface area contributed by atoms with Gasteiger partial charge in [-0.1, -0.05) is 17.7 Å². The molecule has 1 saturated heterocycles. The fourth-order valence-corrected chi connectivity index (χ4v) is 2.83. The second-order valence-electron chi connectivity index (χ2n) is 5.59. The number of carbonyl (C=O) groups is 2. The van der Waals surface area contributed by atoms with Gasteiger partial charge in [-0.05, 0) is 36.4 Å². The first-order valence-corrected chi connectivity index (χ1v) is 7.95. The number of halogens is 1. The van der Waals surface area contributed by atoms with E-state index in [0.29, 0.717) is 22.9 Å². The molecule has 0 bridgehead atoms. The highest BCUT2D eigenvalue weighted by Crippen LogP contribution is 2.25. The van der Waals surface area contributed by atoms with Crippen LogP contribution in [-0.2, 0) is 4.79 Å². The molecule has 1 aliphatic heterocycles. The van der Waals surface area contributed by atoms with Gasteiger partial charge in [-0.3, -0.25) is 9.59 Å². The second kappa shape index (κ2) is 6.93. The molecule has 0 aromatic heterocycles. The minimum atomic E-state index is -0.230. The van der Waals surface area contributed by atoms with Crippen LogP contribution in [0.1, 0.15) is 16.8 Å². The molecule has 124 valence electrons. The molecular weight excluding hydrogens is 328 g/mol. The Hall–Kier alpha value is -2.53. The van der Waals surface area contributed by atoms with Crippen molar-refractivity contribution in [2.24, 2.45) is 0 Å². The van der Waals surface area contributed by atoms with Crippen molar-refractivity contribution in [1.82, 2.24) is 5.32 Å². The molecule has 2 amide bonds. The summed E-state index contributed by atoms with van der Waals surface area (Å²) in [7, 11) is 1.58. The molecule has 1 fully saturated rings. The highest BCUT2D eigenvalue weighted by atomic mass is 35.5. The first-order chi connectivity index (χ1) is 11.6. The van der Waals surface area contributed by atoms with Gasteiger partial charge < -0.3 is 15.0 Å². The average Bonchev–Trinajstić information content (AvgIpc) is 2.95. The molecule has 0 radical (unpaired) electrons. The zero-order chi connectivity index (χ0) is 17.1. The summed E-state index contributed by atoms with van der Waals surface area (Å²) in [5.41, 5.74) is 1.29. The van der Waals surface area contributed by atoms with Gasteiger partial charge in [-0.25, -0.2) is 0 Å². The van der Waals surface area contributed by atoms with Gasteiger partial charge in [0.2, 0.25) is 5.91 Å². The predicted molar refractivity (Wildman–Crippen MR) is 92.7 cm³/mol. The van der Waals surface area contributed by atoms with Crippen LogP contribution in [-0.4, -0.2) is 31.5 Å². The maximum atomic E-state index is 12.3. The minimum Gasteiger partial charge on any atom is -0.497 e. The number of rotatable bonds is 4. The fourth-order valence-electron chi connectivity index (χ4n) is 2.70. The largest absolute Gasteiger partial charge is 0.497 e. The van der Waals surface area contributed by atoms with Gasteiger partial charge in [-0.2, -0.15) is 0 Å². The van der Waals surface area contributed by atoms with Crippen molar-refractivity contribution in [2.45, 2.75) is 12.5 Å². The van der Waals surface area contributed by atoms with E-state index in [1.165, 1.54) is 0 Å². The highest BCUT2D eigenvalue weighted by molar-refractivity contribution is 6.30. The molecule has 1 atom stereocenters. The van der Waals surface area contributed by atoms with E-state index in [1.807, 2.05) is 18.2 Å². The summed E-state index contributed by atoms with van der Waals surface area (Å²) in [5, 5.41) is 3.47. The van der Waals surface area contributed by atoms with E-state index in [9.17, 15) is 9.59 Å². The number of hydrogen-bond acceptors (Lipinski definition) is 3. The molecule has 1 N–H and O–H groups in total. The summed E-state index contributed by atoms with van der Waals surface area (Å²) in [6, 6.07) is 13.7. The van der Waals surface area contributed by atoms with Gasteiger partial charge in [0.1, 0.15) is 5.75 Å². The monoisotopic (exact) mass is 344 g/mol. The number of hydrogen-bond donors (Lipinski definition) is 1. The SMILES string of the molecule is COc1cccc(N2C[C@@H](NC(=O)c3ccc(Cl)cc3)CC2=O)c1. The third-order valence-corrected chi connectivity index (χ3v) is 4.18. The normalized spacial score (nSPS) is 17.0. The van der Waals surface area contributed by atoms with Crippen LogP contribution in [0.15, 0.2) is 48.5 Å². The quantitative estimate of drug-likeness (QED) is 0.927. The molecule has 2 aromatic rings.